The molecule has 1 aromatic rings. The fourth-order valence-electron chi connectivity index (χ4n) is 3.16. The Bertz CT molecular complexity index is 705. The zero-order valence-corrected chi connectivity index (χ0v) is 16.9. The number of benzene rings is 1. The Morgan fingerprint density at radius 3 is 2.50 bits per heavy atom. The molecule has 1 unspecified atom stereocenters. The number of rotatable bonds is 8. The molecule has 7 nitrogen and oxygen atoms in total. The molecule has 0 aliphatic carbocycles. The van der Waals surface area contributed by atoms with Crippen LogP contribution in [0.4, 0.5) is 5.69 Å². The molecule has 1 aliphatic heterocycles. The first-order valence-corrected chi connectivity index (χ1v) is 9.63. The summed E-state index contributed by atoms with van der Waals surface area (Å²) < 4.78 is 5.30. The Kier molecular flexibility index (Phi) is 7.71. The van der Waals surface area contributed by atoms with E-state index in [1.54, 1.807) is 45.0 Å². The fourth-order valence-corrected chi connectivity index (χ4v) is 3.16. The largest absolute Gasteiger partial charge is 0.481 e. The SMILES string of the molecule is CC(C)(C)C(CC(=O)Nc1cccc(C(=O)CCN2CCOCC2)c1)C(=O)O. The number of morpholine rings is 1. The van der Waals surface area contributed by atoms with Gasteiger partial charge in [0, 0.05) is 43.7 Å². The van der Waals surface area contributed by atoms with Crippen molar-refractivity contribution >= 4 is 23.3 Å². The number of Topliss-reactive ketones (excluding diaryl/α,β-unsaturated/α-hetero) is 1. The van der Waals surface area contributed by atoms with Crippen LogP contribution in [0.2, 0.25) is 0 Å². The van der Waals surface area contributed by atoms with Crippen LogP contribution in [0, 0.1) is 11.3 Å². The Balaban J connectivity index is 1.93. The van der Waals surface area contributed by atoms with Gasteiger partial charge in [-0.2, -0.15) is 0 Å². The molecule has 1 aliphatic rings. The highest BCUT2D eigenvalue weighted by Gasteiger charge is 2.33. The quantitative estimate of drug-likeness (QED) is 0.663. The number of nitrogens with zero attached hydrogens (tertiary/aromatic N) is 1. The summed E-state index contributed by atoms with van der Waals surface area (Å²) >= 11 is 0. The molecule has 0 aromatic heterocycles. The summed E-state index contributed by atoms with van der Waals surface area (Å²) in [5.41, 5.74) is 0.512. The van der Waals surface area contributed by atoms with Gasteiger partial charge in [0.25, 0.3) is 0 Å². The van der Waals surface area contributed by atoms with Gasteiger partial charge in [-0.3, -0.25) is 19.3 Å². The van der Waals surface area contributed by atoms with Gasteiger partial charge in [-0.15, -0.1) is 0 Å². The molecule has 2 N–H and O–H groups in total. The van der Waals surface area contributed by atoms with Crippen molar-refractivity contribution in [1.82, 2.24) is 4.90 Å². The molecule has 28 heavy (non-hydrogen) atoms. The van der Waals surface area contributed by atoms with Crippen molar-refractivity contribution in [3.8, 4) is 0 Å². The second kappa shape index (κ2) is 9.80. The molecule has 1 fully saturated rings. The predicted molar refractivity (Wildman–Crippen MR) is 106 cm³/mol. The number of ether oxygens (including phenoxy) is 1. The van der Waals surface area contributed by atoms with Crippen LogP contribution in [0.5, 0.6) is 0 Å². The first-order chi connectivity index (χ1) is 13.2. The normalized spacial score (nSPS) is 16.4. The van der Waals surface area contributed by atoms with E-state index in [0.717, 1.165) is 13.1 Å². The van der Waals surface area contributed by atoms with E-state index in [-0.39, 0.29) is 18.1 Å². The summed E-state index contributed by atoms with van der Waals surface area (Å²) in [4.78, 5) is 38.4. The number of ketones is 1. The van der Waals surface area contributed by atoms with Gasteiger partial charge in [0.05, 0.1) is 19.1 Å². The molecule has 154 valence electrons. The van der Waals surface area contributed by atoms with Crippen LogP contribution < -0.4 is 5.32 Å². The molecule has 2 rings (SSSR count). The van der Waals surface area contributed by atoms with E-state index in [4.69, 9.17) is 4.74 Å². The molecule has 1 heterocycles. The van der Waals surface area contributed by atoms with Gasteiger partial charge in [0.2, 0.25) is 5.91 Å². The number of aliphatic carboxylic acids is 1. The van der Waals surface area contributed by atoms with Gasteiger partial charge in [0.15, 0.2) is 5.78 Å². The first-order valence-electron chi connectivity index (χ1n) is 9.63. The lowest BCUT2D eigenvalue weighted by Crippen LogP contribution is -2.37. The highest BCUT2D eigenvalue weighted by Crippen LogP contribution is 2.29. The lowest BCUT2D eigenvalue weighted by Gasteiger charge is -2.26. The summed E-state index contributed by atoms with van der Waals surface area (Å²) in [6, 6.07) is 6.79. The maximum atomic E-state index is 12.5. The van der Waals surface area contributed by atoms with Crippen molar-refractivity contribution in [2.45, 2.75) is 33.6 Å². The van der Waals surface area contributed by atoms with Crippen molar-refractivity contribution in [2.24, 2.45) is 11.3 Å². The van der Waals surface area contributed by atoms with Crippen LogP contribution in [-0.2, 0) is 14.3 Å². The molecule has 1 atom stereocenters. The molecule has 7 heteroatoms. The average molecular weight is 390 g/mol. The van der Waals surface area contributed by atoms with E-state index in [0.29, 0.717) is 37.4 Å². The number of carbonyl (C=O) groups excluding carboxylic acids is 2. The van der Waals surface area contributed by atoms with E-state index >= 15 is 0 Å². The highest BCUT2D eigenvalue weighted by molar-refractivity contribution is 5.99. The maximum Gasteiger partial charge on any atom is 0.307 e. The van der Waals surface area contributed by atoms with Gasteiger partial charge >= 0.3 is 5.97 Å². The minimum absolute atomic E-state index is 0.0145. The lowest BCUT2D eigenvalue weighted by atomic mass is 9.78. The van der Waals surface area contributed by atoms with E-state index in [9.17, 15) is 19.5 Å². The topological polar surface area (TPSA) is 95.9 Å². The summed E-state index contributed by atoms with van der Waals surface area (Å²) in [6.07, 6.45) is 0.288. The second-order valence-corrected chi connectivity index (χ2v) is 8.22. The van der Waals surface area contributed by atoms with Crippen molar-refractivity contribution in [3.05, 3.63) is 29.8 Å². The number of hydrogen-bond acceptors (Lipinski definition) is 5. The third kappa shape index (κ3) is 6.73. The van der Waals surface area contributed by atoms with E-state index in [2.05, 4.69) is 10.2 Å². The molecule has 1 amide bonds. The molecular formula is C21H30N2O5. The monoisotopic (exact) mass is 390 g/mol. The minimum atomic E-state index is -0.991. The smallest absolute Gasteiger partial charge is 0.307 e. The van der Waals surface area contributed by atoms with Crippen LogP contribution in [0.25, 0.3) is 0 Å². The minimum Gasteiger partial charge on any atom is -0.481 e. The van der Waals surface area contributed by atoms with Gasteiger partial charge in [-0.1, -0.05) is 32.9 Å². The third-order valence-corrected chi connectivity index (χ3v) is 4.96. The summed E-state index contributed by atoms with van der Waals surface area (Å²) in [5.74, 6) is -2.14. The third-order valence-electron chi connectivity index (χ3n) is 4.96. The fraction of sp³-hybridized carbons (Fsp3) is 0.571. The number of nitrogens with one attached hydrogen (secondary N) is 1. The van der Waals surface area contributed by atoms with E-state index in [1.165, 1.54) is 0 Å². The van der Waals surface area contributed by atoms with Crippen molar-refractivity contribution in [2.75, 3.05) is 38.2 Å². The average Bonchev–Trinajstić information content (AvgIpc) is 2.64. The van der Waals surface area contributed by atoms with Gasteiger partial charge in [-0.25, -0.2) is 0 Å². The van der Waals surface area contributed by atoms with Crippen LogP contribution >= 0.6 is 0 Å². The highest BCUT2D eigenvalue weighted by atomic mass is 16.5. The van der Waals surface area contributed by atoms with Crippen LogP contribution in [0.3, 0.4) is 0 Å². The number of carbonyl (C=O) groups is 3. The predicted octanol–water partition coefficient (Wildman–Crippen LogP) is 2.67. The molecule has 0 bridgehead atoms. The van der Waals surface area contributed by atoms with E-state index < -0.39 is 17.3 Å². The standard InChI is InChI=1S/C21H30N2O5/c1-21(2,3)17(20(26)27)14-19(25)22-16-6-4-5-15(13-16)18(24)7-8-23-9-11-28-12-10-23/h4-6,13,17H,7-12,14H2,1-3H3,(H,22,25)(H,26,27). The Morgan fingerprint density at radius 2 is 1.89 bits per heavy atom. The zero-order chi connectivity index (χ0) is 20.7. The number of amides is 1. The first kappa shape index (κ1) is 22.0. The summed E-state index contributed by atoms with van der Waals surface area (Å²) in [6.45, 7) is 9.14. The van der Waals surface area contributed by atoms with Crippen molar-refractivity contribution in [1.29, 1.82) is 0 Å². The Labute approximate surface area is 166 Å². The second-order valence-electron chi connectivity index (χ2n) is 8.22. The number of hydrogen-bond donors (Lipinski definition) is 2. The molecule has 0 spiro atoms. The zero-order valence-electron chi connectivity index (χ0n) is 16.9. The lowest BCUT2D eigenvalue weighted by molar-refractivity contribution is -0.147. The number of carboxylic acid groups (broad SMARTS) is 1. The molecule has 1 saturated heterocycles. The van der Waals surface area contributed by atoms with Crippen LogP contribution in [0.1, 0.15) is 44.0 Å². The Hall–Kier alpha value is -2.25. The van der Waals surface area contributed by atoms with Gasteiger partial charge in [0.1, 0.15) is 0 Å². The summed E-state index contributed by atoms with van der Waals surface area (Å²) in [5, 5.41) is 12.1. The Morgan fingerprint density at radius 1 is 1.21 bits per heavy atom. The number of carboxylic acids is 1. The molecule has 0 radical (unpaired) electrons. The van der Waals surface area contributed by atoms with Gasteiger partial charge < -0.3 is 15.2 Å². The number of anilines is 1. The molecular weight excluding hydrogens is 360 g/mol. The molecule has 1 aromatic carbocycles. The van der Waals surface area contributed by atoms with Crippen molar-refractivity contribution in [3.63, 3.8) is 0 Å². The van der Waals surface area contributed by atoms with Crippen molar-refractivity contribution < 1.29 is 24.2 Å². The van der Waals surface area contributed by atoms with Crippen LogP contribution in [-0.4, -0.2) is 60.5 Å². The molecule has 0 saturated carbocycles. The maximum absolute atomic E-state index is 12.5. The van der Waals surface area contributed by atoms with Crippen LogP contribution in [0.15, 0.2) is 24.3 Å². The summed E-state index contributed by atoms with van der Waals surface area (Å²) in [7, 11) is 0. The van der Waals surface area contributed by atoms with Gasteiger partial charge in [-0.05, 0) is 17.5 Å². The van der Waals surface area contributed by atoms with E-state index in [1.807, 2.05) is 0 Å².